The molecular formula is C27H31N5S2. The first-order valence-electron chi connectivity index (χ1n) is 11.7. The van der Waals surface area contributed by atoms with Crippen molar-refractivity contribution in [3.8, 4) is 0 Å². The van der Waals surface area contributed by atoms with Gasteiger partial charge in [-0.3, -0.25) is 0 Å². The molecule has 1 unspecified atom stereocenters. The number of pyridine rings is 2. The molecule has 176 valence electrons. The van der Waals surface area contributed by atoms with E-state index >= 15 is 0 Å². The van der Waals surface area contributed by atoms with Crippen LogP contribution in [0.5, 0.6) is 0 Å². The lowest BCUT2D eigenvalue weighted by atomic mass is 9.96. The van der Waals surface area contributed by atoms with Gasteiger partial charge in [-0.05, 0) is 82.4 Å². The van der Waals surface area contributed by atoms with Crippen LogP contribution in [0, 0.1) is 5.92 Å². The zero-order valence-electron chi connectivity index (χ0n) is 19.7. The number of nitrogens with one attached hydrogen (secondary N) is 2. The summed E-state index contributed by atoms with van der Waals surface area (Å²) in [5.74, 6) is 2.12. The summed E-state index contributed by atoms with van der Waals surface area (Å²) < 4.78 is 0. The smallest absolute Gasteiger partial charge is 0.167 e. The number of allylic oxidation sites excluding steroid dienone is 2. The highest BCUT2D eigenvalue weighted by atomic mass is 32.2. The standard InChI is InChI=1S/C27H31N5S2/c1-3-24(21-10-9-15-28-17-14-21)31-20(2)32-27-25(33-22-11-5-4-6-12-22)18-23(19-30-27)34-26-13-7-8-16-29-26/h3-8,11-13,16,18-19,21,28H,9-10,14-15,17H2,1-2H3,(H,30,31,32)/b24-3-. The van der Waals surface area contributed by atoms with Gasteiger partial charge >= 0.3 is 0 Å². The Bertz CT molecular complexity index is 1110. The number of amidine groups is 1. The van der Waals surface area contributed by atoms with E-state index in [2.05, 4.69) is 58.9 Å². The van der Waals surface area contributed by atoms with E-state index in [9.17, 15) is 0 Å². The third-order valence-electron chi connectivity index (χ3n) is 5.56. The molecule has 7 heteroatoms. The highest BCUT2D eigenvalue weighted by molar-refractivity contribution is 8.00. The summed E-state index contributed by atoms with van der Waals surface area (Å²) in [6, 6.07) is 18.5. The Balaban J connectivity index is 1.57. The molecule has 0 spiro atoms. The molecule has 0 radical (unpaired) electrons. The number of aromatic nitrogens is 2. The van der Waals surface area contributed by atoms with Crippen molar-refractivity contribution in [2.24, 2.45) is 10.9 Å². The quantitative estimate of drug-likeness (QED) is 0.284. The average Bonchev–Trinajstić information content (AvgIpc) is 3.15. The SMILES string of the molecule is C/C=C(\N/C(C)=N/c1ncc(Sc2ccccn2)cc1Sc1ccccc1)C1CCCNCC1. The second kappa shape index (κ2) is 12.7. The molecule has 3 aromatic rings. The lowest BCUT2D eigenvalue weighted by Gasteiger charge is -2.20. The van der Waals surface area contributed by atoms with Crippen molar-refractivity contribution in [2.45, 2.75) is 52.8 Å². The fourth-order valence-electron chi connectivity index (χ4n) is 3.91. The van der Waals surface area contributed by atoms with Gasteiger partial charge in [-0.15, -0.1) is 0 Å². The van der Waals surface area contributed by atoms with Crippen LogP contribution in [0.3, 0.4) is 0 Å². The molecule has 0 bridgehead atoms. The molecule has 0 saturated carbocycles. The first-order valence-corrected chi connectivity index (χ1v) is 13.4. The van der Waals surface area contributed by atoms with Gasteiger partial charge in [0.2, 0.25) is 0 Å². The van der Waals surface area contributed by atoms with E-state index in [-0.39, 0.29) is 0 Å². The minimum absolute atomic E-state index is 0.536. The predicted molar refractivity (Wildman–Crippen MR) is 143 cm³/mol. The maximum atomic E-state index is 4.90. The summed E-state index contributed by atoms with van der Waals surface area (Å²) in [6.45, 7) is 6.29. The number of hydrogen-bond acceptors (Lipinski definition) is 6. The van der Waals surface area contributed by atoms with E-state index in [4.69, 9.17) is 9.98 Å². The van der Waals surface area contributed by atoms with Crippen molar-refractivity contribution in [1.82, 2.24) is 20.6 Å². The van der Waals surface area contributed by atoms with Crippen molar-refractivity contribution in [3.05, 3.63) is 78.8 Å². The van der Waals surface area contributed by atoms with Crippen molar-refractivity contribution >= 4 is 35.2 Å². The van der Waals surface area contributed by atoms with Gasteiger partial charge in [0.05, 0.1) is 4.90 Å². The molecule has 1 aromatic carbocycles. The zero-order valence-corrected chi connectivity index (χ0v) is 21.3. The fraction of sp³-hybridized carbons (Fsp3) is 0.296. The Morgan fingerprint density at radius 1 is 1.03 bits per heavy atom. The van der Waals surface area contributed by atoms with Crippen molar-refractivity contribution in [3.63, 3.8) is 0 Å². The third-order valence-corrected chi connectivity index (χ3v) is 7.50. The van der Waals surface area contributed by atoms with Crippen molar-refractivity contribution in [1.29, 1.82) is 0 Å². The number of hydrogen-bond donors (Lipinski definition) is 2. The van der Waals surface area contributed by atoms with Crippen LogP contribution in [0.15, 0.2) is 103 Å². The molecule has 3 heterocycles. The fourth-order valence-corrected chi connectivity index (χ4v) is 5.69. The Morgan fingerprint density at radius 3 is 2.68 bits per heavy atom. The number of aliphatic imine (C=N–C) groups is 1. The lowest BCUT2D eigenvalue weighted by Crippen LogP contribution is -2.25. The van der Waals surface area contributed by atoms with E-state index in [0.717, 1.165) is 50.9 Å². The lowest BCUT2D eigenvalue weighted by molar-refractivity contribution is 0.526. The molecule has 2 N–H and O–H groups in total. The summed E-state index contributed by atoms with van der Waals surface area (Å²) in [5.41, 5.74) is 1.25. The molecule has 1 aliphatic rings. The minimum atomic E-state index is 0.536. The van der Waals surface area contributed by atoms with Crippen LogP contribution in [-0.2, 0) is 0 Å². The first kappa shape index (κ1) is 24.5. The Labute approximate surface area is 211 Å². The number of rotatable bonds is 7. The molecule has 4 rings (SSSR count). The van der Waals surface area contributed by atoms with Crippen LogP contribution < -0.4 is 10.6 Å². The largest absolute Gasteiger partial charge is 0.347 e. The molecule has 1 atom stereocenters. The normalized spacial score (nSPS) is 17.3. The number of nitrogens with zero attached hydrogens (tertiary/aromatic N) is 3. The maximum Gasteiger partial charge on any atom is 0.167 e. The van der Waals surface area contributed by atoms with Gasteiger partial charge < -0.3 is 10.6 Å². The predicted octanol–water partition coefficient (Wildman–Crippen LogP) is 6.71. The highest BCUT2D eigenvalue weighted by Gasteiger charge is 2.17. The van der Waals surface area contributed by atoms with E-state index < -0.39 is 0 Å². The molecule has 1 saturated heterocycles. The van der Waals surface area contributed by atoms with Gasteiger partial charge in [-0.2, -0.15) is 0 Å². The molecule has 0 amide bonds. The Kier molecular flexibility index (Phi) is 9.19. The summed E-state index contributed by atoms with van der Waals surface area (Å²) in [5, 5.41) is 8.02. The van der Waals surface area contributed by atoms with E-state index in [1.807, 2.05) is 43.6 Å². The van der Waals surface area contributed by atoms with Crippen LogP contribution in [0.4, 0.5) is 5.82 Å². The molecule has 34 heavy (non-hydrogen) atoms. The molecule has 2 aromatic heterocycles. The van der Waals surface area contributed by atoms with Crippen molar-refractivity contribution < 1.29 is 0 Å². The second-order valence-electron chi connectivity index (χ2n) is 8.12. The van der Waals surface area contributed by atoms with E-state index in [1.54, 1.807) is 23.5 Å². The highest BCUT2D eigenvalue weighted by Crippen LogP contribution is 2.37. The van der Waals surface area contributed by atoms with Crippen LogP contribution in [-0.4, -0.2) is 28.9 Å². The summed E-state index contributed by atoms with van der Waals surface area (Å²) in [4.78, 5) is 17.3. The van der Waals surface area contributed by atoms with Crippen LogP contribution in [0.2, 0.25) is 0 Å². The van der Waals surface area contributed by atoms with Crippen LogP contribution >= 0.6 is 23.5 Å². The van der Waals surface area contributed by atoms with Gasteiger partial charge in [0, 0.05) is 27.9 Å². The van der Waals surface area contributed by atoms with Crippen LogP contribution in [0.25, 0.3) is 0 Å². The summed E-state index contributed by atoms with van der Waals surface area (Å²) >= 11 is 3.29. The molecule has 1 aliphatic heterocycles. The van der Waals surface area contributed by atoms with Gasteiger partial charge in [0.1, 0.15) is 10.9 Å². The molecule has 1 fully saturated rings. The average molecular weight is 490 g/mol. The first-order chi connectivity index (χ1) is 16.7. The molecule has 5 nitrogen and oxygen atoms in total. The Morgan fingerprint density at radius 2 is 1.88 bits per heavy atom. The third kappa shape index (κ3) is 7.19. The van der Waals surface area contributed by atoms with E-state index in [1.165, 1.54) is 18.5 Å². The molecular weight excluding hydrogens is 458 g/mol. The summed E-state index contributed by atoms with van der Waals surface area (Å²) in [7, 11) is 0. The minimum Gasteiger partial charge on any atom is -0.347 e. The van der Waals surface area contributed by atoms with Gasteiger partial charge in [0.25, 0.3) is 0 Å². The van der Waals surface area contributed by atoms with Crippen LogP contribution in [0.1, 0.15) is 33.1 Å². The van der Waals surface area contributed by atoms with Crippen molar-refractivity contribution in [2.75, 3.05) is 13.1 Å². The molecule has 0 aliphatic carbocycles. The topological polar surface area (TPSA) is 62.2 Å². The van der Waals surface area contributed by atoms with E-state index in [0.29, 0.717) is 5.92 Å². The second-order valence-corrected chi connectivity index (χ2v) is 10.3. The van der Waals surface area contributed by atoms with Gasteiger partial charge in [-0.1, -0.05) is 53.9 Å². The van der Waals surface area contributed by atoms with Gasteiger partial charge in [-0.25, -0.2) is 15.0 Å². The monoisotopic (exact) mass is 489 g/mol. The maximum absolute atomic E-state index is 4.90. The number of benzene rings is 1. The Hall–Kier alpha value is -2.61. The zero-order chi connectivity index (χ0) is 23.6. The summed E-state index contributed by atoms with van der Waals surface area (Å²) in [6.07, 6.45) is 9.43. The van der Waals surface area contributed by atoms with Gasteiger partial charge in [0.15, 0.2) is 5.82 Å².